The molecule has 0 heterocycles. The molecule has 4 aliphatic carbocycles. The number of allylic oxidation sites excluding steroid dienone is 1. The van der Waals surface area contributed by atoms with Crippen LogP contribution in [0.1, 0.15) is 52.4 Å². The van der Waals surface area contributed by atoms with Crippen molar-refractivity contribution in [2.24, 2.45) is 35.0 Å². The first-order valence-corrected chi connectivity index (χ1v) is 11.2. The maximum atomic E-state index is 11.9. The Kier molecular flexibility index (Phi) is 5.02. The summed E-state index contributed by atoms with van der Waals surface area (Å²) in [4.78, 5) is 12.1. The summed E-state index contributed by atoms with van der Waals surface area (Å²) in [5.74, 6) is 1.69. The van der Waals surface area contributed by atoms with E-state index in [0.29, 0.717) is 30.1 Å². The highest BCUT2D eigenvalue weighted by molar-refractivity contribution is 9.09. The number of hydrogen-bond acceptors (Lipinski definition) is 4. The summed E-state index contributed by atoms with van der Waals surface area (Å²) < 4.78 is 5.79. The van der Waals surface area contributed by atoms with Crippen LogP contribution in [0.15, 0.2) is 12.2 Å². The number of esters is 1. The van der Waals surface area contributed by atoms with Gasteiger partial charge < -0.3 is 14.9 Å². The molecule has 0 amide bonds. The maximum Gasteiger partial charge on any atom is 0.305 e. The van der Waals surface area contributed by atoms with Crippen molar-refractivity contribution in [1.82, 2.24) is 0 Å². The maximum absolute atomic E-state index is 11.9. The molecule has 5 heteroatoms. The Morgan fingerprint density at radius 2 is 2.00 bits per heavy atom. The quantitative estimate of drug-likeness (QED) is 0.403. The number of halogens is 1. The van der Waals surface area contributed by atoms with Gasteiger partial charge in [0.25, 0.3) is 0 Å². The normalized spacial score (nSPS) is 52.7. The zero-order valence-electron chi connectivity index (χ0n) is 15.7. The summed E-state index contributed by atoms with van der Waals surface area (Å²) in [6, 6.07) is 0. The van der Waals surface area contributed by atoms with E-state index in [4.69, 9.17) is 4.74 Å². The van der Waals surface area contributed by atoms with Crippen LogP contribution in [-0.2, 0) is 9.53 Å². The minimum atomic E-state index is -0.371. The molecule has 2 N–H and O–H groups in total. The first-order chi connectivity index (χ1) is 12.3. The summed E-state index contributed by atoms with van der Waals surface area (Å²) in [5, 5.41) is 21.1. The first-order valence-electron chi connectivity index (χ1n) is 10.2. The van der Waals surface area contributed by atoms with Gasteiger partial charge in [-0.1, -0.05) is 41.9 Å². The molecule has 10 atom stereocenters. The molecule has 0 spiro atoms. The highest BCUT2D eigenvalue weighted by atomic mass is 79.9. The van der Waals surface area contributed by atoms with Crippen LogP contribution in [0.25, 0.3) is 0 Å². The molecule has 0 radical (unpaired) electrons. The minimum absolute atomic E-state index is 0.0603. The Hall–Kier alpha value is -0.390. The van der Waals surface area contributed by atoms with E-state index in [-0.39, 0.29) is 40.4 Å². The second-order valence-electron chi connectivity index (χ2n) is 9.18. The lowest BCUT2D eigenvalue weighted by Crippen LogP contribution is -2.55. The van der Waals surface area contributed by atoms with Crippen molar-refractivity contribution >= 4 is 21.9 Å². The van der Waals surface area contributed by atoms with Gasteiger partial charge in [0.15, 0.2) is 0 Å². The fourth-order valence-corrected chi connectivity index (χ4v) is 7.68. The van der Waals surface area contributed by atoms with E-state index in [0.717, 1.165) is 32.1 Å². The molecule has 3 fully saturated rings. The van der Waals surface area contributed by atoms with E-state index < -0.39 is 0 Å². The Morgan fingerprint density at radius 1 is 1.23 bits per heavy atom. The number of aliphatic hydroxyl groups excluding tert-OH is 2. The van der Waals surface area contributed by atoms with Crippen LogP contribution in [-0.4, -0.2) is 39.3 Å². The van der Waals surface area contributed by atoms with Gasteiger partial charge in [0.05, 0.1) is 17.0 Å². The standard InChI is InChI=1S/C21H31BrO4/c1-3-18(25)26-20-13-4-5-15-19(14(13)10-16(20)22)17(24)9-11-8-12(23)6-7-21(11,15)2/h6-7,11-17,19-20,23-24H,3-5,8-10H2,1-2H3/t11?,12-,13-,14?,15?,16+,17-,19?,20+,21-/m0/s1. The van der Waals surface area contributed by atoms with Crippen LogP contribution in [0.4, 0.5) is 0 Å². The zero-order chi connectivity index (χ0) is 18.6. The lowest BCUT2D eigenvalue weighted by molar-refractivity contribution is -0.156. The van der Waals surface area contributed by atoms with Gasteiger partial charge in [0.1, 0.15) is 6.10 Å². The van der Waals surface area contributed by atoms with Gasteiger partial charge in [0, 0.05) is 12.3 Å². The fraction of sp³-hybridized carbons (Fsp3) is 0.857. The van der Waals surface area contributed by atoms with Crippen LogP contribution in [0, 0.1) is 35.0 Å². The molecule has 26 heavy (non-hydrogen) atoms. The van der Waals surface area contributed by atoms with Crippen molar-refractivity contribution < 1.29 is 19.7 Å². The number of alkyl halides is 1. The Balaban J connectivity index is 1.60. The topological polar surface area (TPSA) is 66.8 Å². The molecule has 4 unspecified atom stereocenters. The Bertz CT molecular complexity index is 593. The van der Waals surface area contributed by atoms with Crippen LogP contribution in [0.2, 0.25) is 0 Å². The zero-order valence-corrected chi connectivity index (χ0v) is 17.3. The van der Waals surface area contributed by atoms with Crippen LogP contribution >= 0.6 is 15.9 Å². The number of aliphatic hydroxyl groups is 2. The molecule has 4 rings (SSSR count). The van der Waals surface area contributed by atoms with E-state index in [1.165, 1.54) is 0 Å². The molecular formula is C21H31BrO4. The molecule has 0 aromatic carbocycles. The molecule has 0 saturated heterocycles. The summed E-state index contributed by atoms with van der Waals surface area (Å²) in [7, 11) is 0. The predicted molar refractivity (Wildman–Crippen MR) is 103 cm³/mol. The molecule has 0 bridgehead atoms. The Morgan fingerprint density at radius 3 is 2.73 bits per heavy atom. The lowest BCUT2D eigenvalue weighted by Gasteiger charge is -2.58. The molecule has 146 valence electrons. The van der Waals surface area contributed by atoms with Gasteiger partial charge in [-0.3, -0.25) is 4.79 Å². The molecular weight excluding hydrogens is 396 g/mol. The van der Waals surface area contributed by atoms with E-state index in [9.17, 15) is 15.0 Å². The smallest absolute Gasteiger partial charge is 0.305 e. The fourth-order valence-electron chi connectivity index (χ4n) is 6.74. The number of carbonyl (C=O) groups excluding carboxylic acids is 1. The van der Waals surface area contributed by atoms with Crippen molar-refractivity contribution in [2.45, 2.75) is 75.5 Å². The average molecular weight is 427 g/mol. The van der Waals surface area contributed by atoms with Gasteiger partial charge in [-0.15, -0.1) is 0 Å². The summed E-state index contributed by atoms with van der Waals surface area (Å²) in [6.07, 6.45) is 8.50. The van der Waals surface area contributed by atoms with Crippen molar-refractivity contribution in [2.75, 3.05) is 0 Å². The van der Waals surface area contributed by atoms with Gasteiger partial charge in [-0.05, 0) is 61.2 Å². The third kappa shape index (κ3) is 2.89. The van der Waals surface area contributed by atoms with Crippen LogP contribution in [0.3, 0.4) is 0 Å². The molecule has 4 nitrogen and oxygen atoms in total. The minimum Gasteiger partial charge on any atom is -0.461 e. The highest BCUT2D eigenvalue weighted by Gasteiger charge is 2.60. The highest BCUT2D eigenvalue weighted by Crippen LogP contribution is 2.62. The second kappa shape index (κ2) is 6.89. The van der Waals surface area contributed by atoms with Crippen LogP contribution < -0.4 is 0 Å². The summed E-state index contributed by atoms with van der Waals surface area (Å²) in [6.45, 7) is 4.17. The predicted octanol–water partition coefficient (Wildman–Crippen LogP) is 3.44. The lowest BCUT2D eigenvalue weighted by atomic mass is 9.48. The number of carbonyl (C=O) groups is 1. The average Bonchev–Trinajstić information content (AvgIpc) is 2.92. The monoisotopic (exact) mass is 426 g/mol. The largest absolute Gasteiger partial charge is 0.461 e. The summed E-state index contributed by atoms with van der Waals surface area (Å²) >= 11 is 3.77. The molecule has 0 aromatic rings. The first kappa shape index (κ1) is 18.9. The number of rotatable bonds is 2. The number of ether oxygens (including phenoxy) is 1. The van der Waals surface area contributed by atoms with Crippen molar-refractivity contribution in [3.05, 3.63) is 12.2 Å². The van der Waals surface area contributed by atoms with E-state index in [2.05, 4.69) is 28.9 Å². The van der Waals surface area contributed by atoms with Gasteiger partial charge in [-0.2, -0.15) is 0 Å². The Labute approximate surface area is 164 Å². The summed E-state index contributed by atoms with van der Waals surface area (Å²) in [5.41, 5.74) is 0.0636. The van der Waals surface area contributed by atoms with E-state index >= 15 is 0 Å². The number of fused-ring (bicyclic) bond motifs is 5. The van der Waals surface area contributed by atoms with Gasteiger partial charge >= 0.3 is 5.97 Å². The molecule has 4 aliphatic rings. The van der Waals surface area contributed by atoms with E-state index in [1.807, 2.05) is 13.0 Å². The van der Waals surface area contributed by atoms with Gasteiger partial charge in [0.2, 0.25) is 0 Å². The third-order valence-electron chi connectivity index (χ3n) is 8.00. The van der Waals surface area contributed by atoms with Gasteiger partial charge in [-0.25, -0.2) is 0 Å². The van der Waals surface area contributed by atoms with Crippen LogP contribution in [0.5, 0.6) is 0 Å². The third-order valence-corrected chi connectivity index (χ3v) is 8.90. The number of hydrogen-bond donors (Lipinski definition) is 2. The van der Waals surface area contributed by atoms with E-state index in [1.54, 1.807) is 0 Å². The molecule has 0 aromatic heterocycles. The van der Waals surface area contributed by atoms with Crippen molar-refractivity contribution in [3.8, 4) is 0 Å². The SMILES string of the molecule is CCC(=O)O[C@H]1[C@H](Br)CC2C3C(CC[C@@H]21)[C@@]1(C)C=C[C@H](O)CC1C[C@@H]3O. The van der Waals surface area contributed by atoms with Crippen molar-refractivity contribution in [3.63, 3.8) is 0 Å². The second-order valence-corrected chi connectivity index (χ2v) is 10.4. The molecule has 3 saturated carbocycles. The molecule has 0 aliphatic heterocycles. The van der Waals surface area contributed by atoms with Crippen molar-refractivity contribution in [1.29, 1.82) is 0 Å².